The zero-order valence-electron chi connectivity index (χ0n) is 10.4. The fourth-order valence-electron chi connectivity index (χ4n) is 1.66. The van der Waals surface area contributed by atoms with Crippen molar-refractivity contribution in [3.63, 3.8) is 0 Å². The maximum Gasteiger partial charge on any atom is 0.341 e. The van der Waals surface area contributed by atoms with E-state index in [9.17, 15) is 9.18 Å². The van der Waals surface area contributed by atoms with Gasteiger partial charge in [0, 0.05) is 23.6 Å². The Balaban J connectivity index is 2.13. The minimum atomic E-state index is -0.739. The van der Waals surface area contributed by atoms with E-state index >= 15 is 0 Å². The van der Waals surface area contributed by atoms with Crippen molar-refractivity contribution in [2.24, 2.45) is 0 Å². The molecule has 98 valence electrons. The lowest BCUT2D eigenvalue weighted by atomic mass is 10.1. The van der Waals surface area contributed by atoms with Crippen molar-refractivity contribution in [2.75, 3.05) is 5.73 Å². The first-order valence-corrected chi connectivity index (χ1v) is 5.69. The lowest BCUT2D eigenvalue weighted by Gasteiger charge is -2.08. The predicted molar refractivity (Wildman–Crippen MR) is 68.9 cm³/mol. The molecule has 0 spiro atoms. The molecule has 0 bridgehead atoms. The van der Waals surface area contributed by atoms with Crippen molar-refractivity contribution < 1.29 is 13.9 Å². The summed E-state index contributed by atoms with van der Waals surface area (Å²) in [6.45, 7) is 1.59. The van der Waals surface area contributed by atoms with E-state index in [2.05, 4.69) is 4.98 Å². The van der Waals surface area contributed by atoms with Gasteiger partial charge in [-0.25, -0.2) is 9.18 Å². The molecule has 5 heteroatoms. The summed E-state index contributed by atoms with van der Waals surface area (Å²) in [6.07, 6.45) is 3.19. The van der Waals surface area contributed by atoms with E-state index in [1.165, 1.54) is 12.1 Å². The van der Waals surface area contributed by atoms with Crippen LogP contribution in [0.2, 0.25) is 0 Å². The third kappa shape index (κ3) is 3.07. The molecular formula is C14H13FN2O2. The molecule has 2 rings (SSSR count). The van der Waals surface area contributed by atoms with Gasteiger partial charge in [-0.1, -0.05) is 6.07 Å². The van der Waals surface area contributed by atoms with Crippen LogP contribution in [-0.2, 0) is 11.3 Å². The highest BCUT2D eigenvalue weighted by Crippen LogP contribution is 2.18. The molecule has 0 aliphatic rings. The van der Waals surface area contributed by atoms with Gasteiger partial charge in [0.1, 0.15) is 12.4 Å². The Labute approximate surface area is 110 Å². The van der Waals surface area contributed by atoms with Crippen LogP contribution in [-0.4, -0.2) is 11.0 Å². The smallest absolute Gasteiger partial charge is 0.341 e. The minimum Gasteiger partial charge on any atom is -0.457 e. The lowest BCUT2D eigenvalue weighted by Crippen LogP contribution is -2.09. The number of hydrogen-bond donors (Lipinski definition) is 1. The normalized spacial score (nSPS) is 10.2. The molecule has 0 saturated carbocycles. The number of hydrogen-bond acceptors (Lipinski definition) is 4. The van der Waals surface area contributed by atoms with Crippen molar-refractivity contribution >= 4 is 11.7 Å². The summed E-state index contributed by atoms with van der Waals surface area (Å²) in [7, 11) is 0. The number of carbonyl (C=O) groups excluding carboxylic acids is 1. The minimum absolute atomic E-state index is 0.0416. The van der Waals surface area contributed by atoms with Crippen LogP contribution in [0.5, 0.6) is 0 Å². The van der Waals surface area contributed by atoms with Gasteiger partial charge in [0.05, 0.1) is 5.56 Å². The Morgan fingerprint density at radius 2 is 2.26 bits per heavy atom. The highest BCUT2D eigenvalue weighted by atomic mass is 19.1. The number of aromatic nitrogens is 1. The quantitative estimate of drug-likeness (QED) is 0.680. The van der Waals surface area contributed by atoms with Gasteiger partial charge in [-0.05, 0) is 30.7 Å². The van der Waals surface area contributed by atoms with Gasteiger partial charge in [-0.3, -0.25) is 4.98 Å². The molecule has 0 unspecified atom stereocenters. The molecule has 1 heterocycles. The fourth-order valence-corrected chi connectivity index (χ4v) is 1.66. The summed E-state index contributed by atoms with van der Waals surface area (Å²) in [5.41, 5.74) is 6.81. The number of esters is 1. The number of nitrogens with zero attached hydrogens (tertiary/aromatic N) is 1. The Hall–Kier alpha value is -2.43. The number of carbonyl (C=O) groups is 1. The van der Waals surface area contributed by atoms with Crippen LogP contribution in [0.25, 0.3) is 0 Å². The van der Waals surface area contributed by atoms with Gasteiger partial charge >= 0.3 is 5.97 Å². The average molecular weight is 260 g/mol. The predicted octanol–water partition coefficient (Wildman–Crippen LogP) is 2.47. The van der Waals surface area contributed by atoms with E-state index in [0.717, 1.165) is 5.56 Å². The van der Waals surface area contributed by atoms with Crippen LogP contribution in [0, 0.1) is 12.7 Å². The summed E-state index contributed by atoms with van der Waals surface area (Å²) in [5, 5.41) is 0. The first-order chi connectivity index (χ1) is 9.08. The molecule has 0 aliphatic heterocycles. The zero-order chi connectivity index (χ0) is 13.8. The summed E-state index contributed by atoms with van der Waals surface area (Å²) >= 11 is 0. The highest BCUT2D eigenvalue weighted by Gasteiger charge is 2.16. The van der Waals surface area contributed by atoms with E-state index in [-0.39, 0.29) is 12.2 Å². The number of nitrogen functional groups attached to an aromatic ring is 1. The molecule has 4 nitrogen and oxygen atoms in total. The van der Waals surface area contributed by atoms with Crippen molar-refractivity contribution in [3.8, 4) is 0 Å². The zero-order valence-corrected chi connectivity index (χ0v) is 10.4. The Kier molecular flexibility index (Phi) is 3.75. The number of halogens is 1. The standard InChI is InChI=1S/C14H13FN2O2/c1-9-5-11(16)6-12(13(9)15)14(18)19-8-10-3-2-4-17-7-10/h2-7H,8,16H2,1H3. The average Bonchev–Trinajstić information content (AvgIpc) is 2.41. The van der Waals surface area contributed by atoms with Crippen molar-refractivity contribution in [1.29, 1.82) is 0 Å². The second-order valence-electron chi connectivity index (χ2n) is 4.14. The maximum absolute atomic E-state index is 13.8. The van der Waals surface area contributed by atoms with E-state index in [0.29, 0.717) is 11.3 Å². The van der Waals surface area contributed by atoms with Crippen LogP contribution in [0.1, 0.15) is 21.5 Å². The maximum atomic E-state index is 13.8. The lowest BCUT2D eigenvalue weighted by molar-refractivity contribution is 0.0467. The molecule has 0 atom stereocenters. The largest absolute Gasteiger partial charge is 0.457 e. The van der Waals surface area contributed by atoms with E-state index in [1.54, 1.807) is 31.5 Å². The van der Waals surface area contributed by atoms with Crippen LogP contribution >= 0.6 is 0 Å². The third-order valence-electron chi connectivity index (χ3n) is 2.59. The topological polar surface area (TPSA) is 65.2 Å². The first-order valence-electron chi connectivity index (χ1n) is 5.69. The number of aryl methyl sites for hydroxylation is 1. The molecule has 2 N–H and O–H groups in total. The van der Waals surface area contributed by atoms with Crippen molar-refractivity contribution in [1.82, 2.24) is 4.98 Å². The number of pyridine rings is 1. The van der Waals surface area contributed by atoms with Gasteiger partial charge in [0.25, 0.3) is 0 Å². The highest BCUT2D eigenvalue weighted by molar-refractivity contribution is 5.91. The summed E-state index contributed by atoms with van der Waals surface area (Å²) in [4.78, 5) is 15.7. The van der Waals surface area contributed by atoms with Crippen LogP contribution in [0.3, 0.4) is 0 Å². The molecular weight excluding hydrogens is 247 g/mol. The number of anilines is 1. The SMILES string of the molecule is Cc1cc(N)cc(C(=O)OCc2cccnc2)c1F. The van der Waals surface area contributed by atoms with Crippen molar-refractivity contribution in [2.45, 2.75) is 13.5 Å². The molecule has 1 aromatic carbocycles. The third-order valence-corrected chi connectivity index (χ3v) is 2.59. The van der Waals surface area contributed by atoms with E-state index < -0.39 is 11.8 Å². The summed E-state index contributed by atoms with van der Waals surface area (Å²) in [5.74, 6) is -1.35. The van der Waals surface area contributed by atoms with Crippen LogP contribution < -0.4 is 5.73 Å². The van der Waals surface area contributed by atoms with Crippen molar-refractivity contribution in [3.05, 3.63) is 59.2 Å². The second-order valence-corrected chi connectivity index (χ2v) is 4.14. The molecule has 0 aliphatic carbocycles. The van der Waals surface area contributed by atoms with Crippen LogP contribution in [0.4, 0.5) is 10.1 Å². The van der Waals surface area contributed by atoms with E-state index in [4.69, 9.17) is 10.5 Å². The Morgan fingerprint density at radius 1 is 1.47 bits per heavy atom. The molecule has 2 aromatic rings. The van der Waals surface area contributed by atoms with E-state index in [1.807, 2.05) is 0 Å². The summed E-state index contributed by atoms with van der Waals surface area (Å²) in [6, 6.07) is 6.23. The first kappa shape index (κ1) is 13.0. The van der Waals surface area contributed by atoms with Gasteiger partial charge < -0.3 is 10.5 Å². The monoisotopic (exact) mass is 260 g/mol. The second kappa shape index (κ2) is 5.48. The molecule has 1 aromatic heterocycles. The number of benzene rings is 1. The van der Waals surface area contributed by atoms with Crippen LogP contribution in [0.15, 0.2) is 36.7 Å². The summed E-state index contributed by atoms with van der Waals surface area (Å²) < 4.78 is 18.8. The number of ether oxygens (including phenoxy) is 1. The van der Waals surface area contributed by atoms with Gasteiger partial charge in [-0.2, -0.15) is 0 Å². The van der Waals surface area contributed by atoms with Gasteiger partial charge in [0.2, 0.25) is 0 Å². The molecule has 0 radical (unpaired) electrons. The Morgan fingerprint density at radius 3 is 2.95 bits per heavy atom. The molecule has 19 heavy (non-hydrogen) atoms. The molecule has 0 amide bonds. The van der Waals surface area contributed by atoms with Gasteiger partial charge in [-0.15, -0.1) is 0 Å². The number of rotatable bonds is 3. The Bertz CT molecular complexity index is 600. The fraction of sp³-hybridized carbons (Fsp3) is 0.143. The molecule has 0 fully saturated rings. The van der Waals surface area contributed by atoms with Gasteiger partial charge in [0.15, 0.2) is 0 Å². The molecule has 0 saturated heterocycles. The number of nitrogens with two attached hydrogens (primary N) is 1.